The average Bonchev–Trinajstić information content (AvgIpc) is 2.86. The third-order valence-corrected chi connectivity index (χ3v) is 5.93. The number of hydrogen-bond acceptors (Lipinski definition) is 7. The van der Waals surface area contributed by atoms with Crippen molar-refractivity contribution in [3.63, 3.8) is 0 Å². The third-order valence-electron chi connectivity index (χ3n) is 5.93. The fraction of sp³-hybridized carbons (Fsp3) is 0.320. The van der Waals surface area contributed by atoms with E-state index in [1.165, 1.54) is 12.1 Å². The number of aromatic nitrogens is 2. The molecule has 2 N–H and O–H groups in total. The summed E-state index contributed by atoms with van der Waals surface area (Å²) in [6.07, 6.45) is 3.26. The maximum atomic E-state index is 12.9. The van der Waals surface area contributed by atoms with Crippen molar-refractivity contribution in [2.75, 3.05) is 45.2 Å². The van der Waals surface area contributed by atoms with Crippen molar-refractivity contribution in [1.82, 2.24) is 19.8 Å². The molecule has 0 bridgehead atoms. The van der Waals surface area contributed by atoms with Crippen LogP contribution in [0.25, 0.3) is 11.1 Å². The average molecular weight is 484 g/mol. The Morgan fingerprint density at radius 2 is 1.63 bits per heavy atom. The van der Waals surface area contributed by atoms with E-state index in [0.29, 0.717) is 19.0 Å². The van der Waals surface area contributed by atoms with Crippen molar-refractivity contribution in [3.05, 3.63) is 66.5 Å². The van der Waals surface area contributed by atoms with E-state index in [-0.39, 0.29) is 18.3 Å². The number of aliphatic hydroxyl groups is 1. The van der Waals surface area contributed by atoms with E-state index in [1.54, 1.807) is 24.5 Å². The van der Waals surface area contributed by atoms with Crippen LogP contribution in [0.1, 0.15) is 11.5 Å². The lowest BCUT2D eigenvalue weighted by molar-refractivity contribution is -0.135. The predicted octanol–water partition coefficient (Wildman–Crippen LogP) is 3.34. The van der Waals surface area contributed by atoms with E-state index < -0.39 is 12.5 Å². The molecule has 0 spiro atoms. The van der Waals surface area contributed by atoms with E-state index in [2.05, 4.69) is 24.9 Å². The molecule has 1 saturated heterocycles. The molecule has 1 amide bonds. The van der Waals surface area contributed by atoms with Gasteiger partial charge in [0.05, 0.1) is 12.5 Å². The topological polar surface area (TPSA) is 90.8 Å². The Labute approximate surface area is 202 Å². The van der Waals surface area contributed by atoms with Gasteiger partial charge in [0.1, 0.15) is 5.75 Å². The Morgan fingerprint density at radius 3 is 2.20 bits per heavy atom. The first-order valence-electron chi connectivity index (χ1n) is 11.3. The largest absolute Gasteiger partial charge is 0.435 e. The zero-order chi connectivity index (χ0) is 24.8. The minimum Gasteiger partial charge on any atom is -0.435 e. The summed E-state index contributed by atoms with van der Waals surface area (Å²) in [5.41, 5.74) is 2.97. The SMILES string of the molecule is CN1CCN(C(=O)[C@@H](CO)c2ccc(Nc3ncc(-c4ccc(OC(F)F)cc4)cn3)cc2)CC1. The van der Waals surface area contributed by atoms with Crippen molar-refractivity contribution in [2.24, 2.45) is 0 Å². The van der Waals surface area contributed by atoms with Gasteiger partial charge < -0.3 is 25.0 Å². The molecule has 0 unspecified atom stereocenters. The smallest absolute Gasteiger partial charge is 0.387 e. The summed E-state index contributed by atoms with van der Waals surface area (Å²) in [7, 11) is 2.03. The molecule has 0 radical (unpaired) electrons. The molecular weight excluding hydrogens is 456 g/mol. The first-order valence-corrected chi connectivity index (χ1v) is 11.3. The van der Waals surface area contributed by atoms with E-state index in [1.807, 2.05) is 36.2 Å². The molecule has 1 atom stereocenters. The van der Waals surface area contributed by atoms with Crippen molar-refractivity contribution in [2.45, 2.75) is 12.5 Å². The highest BCUT2D eigenvalue weighted by Crippen LogP contribution is 2.25. The first-order chi connectivity index (χ1) is 16.9. The summed E-state index contributed by atoms with van der Waals surface area (Å²) >= 11 is 0. The van der Waals surface area contributed by atoms with Crippen LogP contribution in [-0.2, 0) is 4.79 Å². The molecule has 1 aromatic heterocycles. The van der Waals surface area contributed by atoms with Crippen molar-refractivity contribution >= 4 is 17.5 Å². The summed E-state index contributed by atoms with van der Waals surface area (Å²) in [4.78, 5) is 25.5. The quantitative estimate of drug-likeness (QED) is 0.508. The van der Waals surface area contributed by atoms with Crippen LogP contribution in [0.15, 0.2) is 60.9 Å². The number of nitrogens with zero attached hydrogens (tertiary/aromatic N) is 4. The van der Waals surface area contributed by atoms with Crippen molar-refractivity contribution < 1.29 is 23.4 Å². The fourth-order valence-corrected chi connectivity index (χ4v) is 3.87. The van der Waals surface area contributed by atoms with Crippen LogP contribution in [0.2, 0.25) is 0 Å². The number of amides is 1. The van der Waals surface area contributed by atoms with Gasteiger partial charge in [-0.15, -0.1) is 0 Å². The number of halogens is 2. The fourth-order valence-electron chi connectivity index (χ4n) is 3.87. The summed E-state index contributed by atoms with van der Waals surface area (Å²) in [5.74, 6) is -0.194. The molecule has 8 nitrogen and oxygen atoms in total. The number of ether oxygens (including phenoxy) is 1. The van der Waals surface area contributed by atoms with E-state index >= 15 is 0 Å². The Kier molecular flexibility index (Phi) is 7.84. The lowest BCUT2D eigenvalue weighted by Crippen LogP contribution is -2.49. The molecule has 2 heterocycles. The summed E-state index contributed by atoms with van der Waals surface area (Å²) in [6.45, 7) is -0.152. The van der Waals surface area contributed by atoms with Crippen LogP contribution in [0.5, 0.6) is 5.75 Å². The molecule has 2 aromatic carbocycles. The number of carbonyl (C=O) groups excluding carboxylic acids is 1. The number of alkyl halides is 2. The maximum absolute atomic E-state index is 12.9. The number of piperazine rings is 1. The van der Waals surface area contributed by atoms with E-state index in [4.69, 9.17) is 0 Å². The Balaban J connectivity index is 1.38. The molecule has 0 saturated carbocycles. The Morgan fingerprint density at radius 1 is 1.00 bits per heavy atom. The van der Waals surface area contributed by atoms with Crippen LogP contribution >= 0.6 is 0 Å². The number of hydrogen-bond donors (Lipinski definition) is 2. The van der Waals surface area contributed by atoms with Gasteiger partial charge in [-0.3, -0.25) is 4.79 Å². The summed E-state index contributed by atoms with van der Waals surface area (Å²) in [5, 5.41) is 13.0. The summed E-state index contributed by atoms with van der Waals surface area (Å²) < 4.78 is 28.9. The highest BCUT2D eigenvalue weighted by Gasteiger charge is 2.27. The monoisotopic (exact) mass is 483 g/mol. The molecule has 1 aliphatic rings. The number of nitrogens with one attached hydrogen (secondary N) is 1. The second-order valence-electron chi connectivity index (χ2n) is 8.31. The maximum Gasteiger partial charge on any atom is 0.387 e. The Hall–Kier alpha value is -3.63. The highest BCUT2D eigenvalue weighted by atomic mass is 19.3. The molecule has 1 fully saturated rings. The minimum absolute atomic E-state index is 0.0611. The molecule has 1 aliphatic heterocycles. The van der Waals surface area contributed by atoms with Crippen LogP contribution in [-0.4, -0.2) is 77.2 Å². The van der Waals surface area contributed by atoms with Gasteiger partial charge in [-0.25, -0.2) is 9.97 Å². The van der Waals surface area contributed by atoms with Crippen LogP contribution < -0.4 is 10.1 Å². The lowest BCUT2D eigenvalue weighted by atomic mass is 9.97. The van der Waals surface area contributed by atoms with E-state index in [0.717, 1.165) is 35.5 Å². The van der Waals surface area contributed by atoms with Gasteiger partial charge in [-0.1, -0.05) is 24.3 Å². The number of rotatable bonds is 8. The van der Waals surface area contributed by atoms with Crippen LogP contribution in [0, 0.1) is 0 Å². The van der Waals surface area contributed by atoms with Crippen LogP contribution in [0.3, 0.4) is 0 Å². The van der Waals surface area contributed by atoms with Gasteiger partial charge in [0.25, 0.3) is 0 Å². The molecule has 3 aromatic rings. The van der Waals surface area contributed by atoms with Crippen molar-refractivity contribution in [1.29, 1.82) is 0 Å². The zero-order valence-corrected chi connectivity index (χ0v) is 19.3. The highest BCUT2D eigenvalue weighted by molar-refractivity contribution is 5.84. The normalized spacial score (nSPS) is 15.2. The Bertz CT molecular complexity index is 1100. The van der Waals surface area contributed by atoms with Crippen molar-refractivity contribution in [3.8, 4) is 16.9 Å². The van der Waals surface area contributed by atoms with Gasteiger partial charge in [-0.2, -0.15) is 8.78 Å². The molecule has 10 heteroatoms. The first kappa shape index (κ1) is 24.5. The van der Waals surface area contributed by atoms with Gasteiger partial charge in [0, 0.05) is 49.8 Å². The number of benzene rings is 2. The molecule has 0 aliphatic carbocycles. The number of carbonyl (C=O) groups is 1. The molecular formula is C25H27F2N5O3. The van der Waals surface area contributed by atoms with Gasteiger partial charge in [0.15, 0.2) is 0 Å². The number of aliphatic hydroxyl groups excluding tert-OH is 1. The van der Waals surface area contributed by atoms with Gasteiger partial charge >= 0.3 is 6.61 Å². The summed E-state index contributed by atoms with van der Waals surface area (Å²) in [6, 6.07) is 13.5. The number of likely N-dealkylation sites (N-methyl/N-ethyl adjacent to an activating group) is 1. The standard InChI is InChI=1S/C25H27F2N5O3/c1-31-10-12-32(13-11-31)23(34)22(16-33)18-2-6-20(7-3-18)30-25-28-14-19(15-29-25)17-4-8-21(9-5-17)35-24(26)27/h2-9,14-15,22,24,33H,10-13,16H2,1H3,(H,28,29,30)/t22-/m0/s1. The van der Waals surface area contributed by atoms with Gasteiger partial charge in [-0.05, 0) is 42.4 Å². The second-order valence-corrected chi connectivity index (χ2v) is 8.31. The third kappa shape index (κ3) is 6.28. The number of anilines is 2. The van der Waals surface area contributed by atoms with Gasteiger partial charge in [0.2, 0.25) is 11.9 Å². The minimum atomic E-state index is -2.87. The second kappa shape index (κ2) is 11.2. The lowest BCUT2D eigenvalue weighted by Gasteiger charge is -2.34. The molecule has 184 valence electrons. The molecule has 35 heavy (non-hydrogen) atoms. The van der Waals surface area contributed by atoms with E-state index in [9.17, 15) is 18.7 Å². The van der Waals surface area contributed by atoms with Crippen LogP contribution in [0.4, 0.5) is 20.4 Å². The zero-order valence-electron chi connectivity index (χ0n) is 19.3. The molecule has 4 rings (SSSR count). The predicted molar refractivity (Wildman–Crippen MR) is 128 cm³/mol.